The molecule has 0 bridgehead atoms. The van der Waals surface area contributed by atoms with E-state index in [1.165, 1.54) is 0 Å². The minimum absolute atomic E-state index is 0.175. The van der Waals surface area contributed by atoms with Crippen LogP contribution in [0.5, 0.6) is 0 Å². The van der Waals surface area contributed by atoms with Crippen LogP contribution in [0.15, 0.2) is 0 Å². The molecule has 0 rings (SSSR count). The molecule has 26 heavy (non-hydrogen) atoms. The lowest BCUT2D eigenvalue weighted by Crippen LogP contribution is -2.29. The molecule has 2 amide bonds. The van der Waals surface area contributed by atoms with E-state index in [-0.39, 0.29) is 36.2 Å². The van der Waals surface area contributed by atoms with Gasteiger partial charge in [-0.15, -0.1) is 0 Å². The quantitative estimate of drug-likeness (QED) is 0.0932. The molecule has 0 unspecified atom stereocenters. The predicted molar refractivity (Wildman–Crippen MR) is 106 cm³/mol. The summed E-state index contributed by atoms with van der Waals surface area (Å²) in [5, 5.41) is 0. The molecule has 10 heteroatoms. The lowest BCUT2D eigenvalue weighted by Gasteiger charge is -2.03. The van der Waals surface area contributed by atoms with E-state index in [1.807, 2.05) is 10.9 Å². The van der Waals surface area contributed by atoms with Crippen LogP contribution >= 0.6 is 21.6 Å². The highest BCUT2D eigenvalue weighted by molar-refractivity contribution is 8.76. The van der Waals surface area contributed by atoms with Gasteiger partial charge >= 0.3 is 0 Å². The van der Waals surface area contributed by atoms with Crippen molar-refractivity contribution < 1.29 is 19.2 Å². The monoisotopic (exact) mass is 406 g/mol. The van der Waals surface area contributed by atoms with Crippen molar-refractivity contribution in [2.75, 3.05) is 11.5 Å². The van der Waals surface area contributed by atoms with Crippen LogP contribution in [0.25, 0.3) is 0 Å². The third kappa shape index (κ3) is 16.4. The van der Waals surface area contributed by atoms with Gasteiger partial charge in [-0.1, -0.05) is 21.6 Å². The minimum atomic E-state index is -0.246. The molecule has 6 N–H and O–H groups in total. The molecule has 150 valence electrons. The van der Waals surface area contributed by atoms with Gasteiger partial charge in [0.25, 0.3) is 0 Å². The molecule has 0 aromatic carbocycles. The van der Waals surface area contributed by atoms with Crippen LogP contribution < -0.4 is 22.5 Å². The maximum absolute atomic E-state index is 11.6. The fraction of sp³-hybridized carbons (Fsp3) is 0.750. The topological polar surface area (TPSA) is 144 Å². The van der Waals surface area contributed by atoms with E-state index in [9.17, 15) is 19.2 Å². The number of ketones is 2. The Morgan fingerprint density at radius 1 is 0.577 bits per heavy atom. The summed E-state index contributed by atoms with van der Waals surface area (Å²) < 4.78 is 0. The zero-order chi connectivity index (χ0) is 19.6. The lowest BCUT2D eigenvalue weighted by atomic mass is 10.1. The number of hydrogen-bond donors (Lipinski definition) is 4. The molecule has 0 spiro atoms. The van der Waals surface area contributed by atoms with Crippen molar-refractivity contribution in [1.29, 1.82) is 0 Å². The third-order valence-corrected chi connectivity index (χ3v) is 6.07. The predicted octanol–water partition coefficient (Wildman–Crippen LogP) is 1.39. The number of Topliss-reactive ketones (excluding diaryl/α,β-unsaturated/α-hetero) is 2. The highest BCUT2D eigenvalue weighted by Crippen LogP contribution is 2.24. The van der Waals surface area contributed by atoms with E-state index in [0.717, 1.165) is 24.3 Å². The summed E-state index contributed by atoms with van der Waals surface area (Å²) in [5.74, 6) is 11.6. The second-order valence-corrected chi connectivity index (χ2v) is 8.47. The van der Waals surface area contributed by atoms with Gasteiger partial charge in [-0.05, 0) is 25.7 Å². The van der Waals surface area contributed by atoms with Gasteiger partial charge in [0.15, 0.2) is 0 Å². The second kappa shape index (κ2) is 17.3. The van der Waals surface area contributed by atoms with Crippen molar-refractivity contribution in [1.82, 2.24) is 10.9 Å². The molecule has 0 aliphatic heterocycles. The van der Waals surface area contributed by atoms with Gasteiger partial charge in [-0.2, -0.15) is 0 Å². The van der Waals surface area contributed by atoms with Crippen molar-refractivity contribution in [2.45, 2.75) is 64.2 Å². The Bertz CT molecular complexity index is 410. The number of nitrogens with one attached hydrogen (secondary N) is 2. The van der Waals surface area contributed by atoms with Crippen molar-refractivity contribution >= 4 is 45.0 Å². The maximum atomic E-state index is 11.6. The normalized spacial score (nSPS) is 10.4. The summed E-state index contributed by atoms with van der Waals surface area (Å²) in [6, 6.07) is 0. The van der Waals surface area contributed by atoms with Gasteiger partial charge in [0, 0.05) is 50.0 Å². The van der Waals surface area contributed by atoms with Gasteiger partial charge in [-0.3, -0.25) is 30.0 Å². The van der Waals surface area contributed by atoms with E-state index < -0.39 is 0 Å². The van der Waals surface area contributed by atoms with Crippen LogP contribution in [0, 0.1) is 0 Å². The van der Waals surface area contributed by atoms with Gasteiger partial charge in [0.2, 0.25) is 11.8 Å². The molecule has 0 aromatic rings. The number of hydrogen-bond acceptors (Lipinski definition) is 8. The summed E-state index contributed by atoms with van der Waals surface area (Å²) >= 11 is 0. The van der Waals surface area contributed by atoms with Crippen LogP contribution in [0.4, 0.5) is 0 Å². The first kappa shape index (κ1) is 24.9. The Kier molecular flexibility index (Phi) is 16.6. The van der Waals surface area contributed by atoms with Gasteiger partial charge < -0.3 is 0 Å². The highest BCUT2D eigenvalue weighted by Gasteiger charge is 2.06. The first-order valence-electron chi connectivity index (χ1n) is 8.76. The smallest absolute Gasteiger partial charge is 0.233 e. The van der Waals surface area contributed by atoms with Crippen LogP contribution in [0.3, 0.4) is 0 Å². The van der Waals surface area contributed by atoms with Crippen LogP contribution in [0.1, 0.15) is 64.2 Å². The molecular formula is C16H30N4O4S2. The summed E-state index contributed by atoms with van der Waals surface area (Å²) in [4.78, 5) is 45.1. The Morgan fingerprint density at radius 3 is 1.27 bits per heavy atom. The van der Waals surface area contributed by atoms with Crippen LogP contribution in [-0.2, 0) is 19.2 Å². The van der Waals surface area contributed by atoms with E-state index in [0.29, 0.717) is 38.5 Å². The van der Waals surface area contributed by atoms with Crippen LogP contribution in [0.2, 0.25) is 0 Å². The van der Waals surface area contributed by atoms with Gasteiger partial charge in [0.05, 0.1) is 0 Å². The molecule has 0 aromatic heterocycles. The molecule has 0 atom stereocenters. The van der Waals surface area contributed by atoms with E-state index in [4.69, 9.17) is 11.7 Å². The zero-order valence-corrected chi connectivity index (χ0v) is 16.7. The molecule has 0 radical (unpaired) electrons. The van der Waals surface area contributed by atoms with E-state index in [1.54, 1.807) is 21.6 Å². The maximum Gasteiger partial charge on any atom is 0.233 e. The molecule has 0 aliphatic rings. The number of nitrogens with two attached hydrogens (primary N) is 2. The largest absolute Gasteiger partial charge is 0.300 e. The number of carbonyl (C=O) groups excluding carboxylic acids is 4. The summed E-state index contributed by atoms with van der Waals surface area (Å²) in [5.41, 5.74) is 4.08. The minimum Gasteiger partial charge on any atom is -0.300 e. The average molecular weight is 407 g/mol. The summed E-state index contributed by atoms with van der Waals surface area (Å²) in [7, 11) is 3.42. The molecule has 0 saturated heterocycles. The first-order valence-corrected chi connectivity index (χ1v) is 11.2. The second-order valence-electron chi connectivity index (χ2n) is 5.77. The molecular weight excluding hydrogens is 376 g/mol. The number of rotatable bonds is 17. The summed E-state index contributed by atoms with van der Waals surface area (Å²) in [6.45, 7) is 0. The molecule has 0 saturated carbocycles. The standard InChI is InChI=1S/C16H30N4O4S2/c17-19-15(23)9-1-5-13(21)7-3-11-25-26-12-4-8-14(22)6-2-10-16(24)20-18/h1-12,17-18H2,(H,19,23)(H,20,24). The van der Waals surface area contributed by atoms with Crippen molar-refractivity contribution in [2.24, 2.45) is 11.7 Å². The Balaban J connectivity index is 3.37. The van der Waals surface area contributed by atoms with Crippen LogP contribution in [-0.4, -0.2) is 34.9 Å². The molecule has 0 aliphatic carbocycles. The van der Waals surface area contributed by atoms with E-state index in [2.05, 4.69) is 0 Å². The SMILES string of the molecule is NNC(=O)CCCC(=O)CCCSSCCCC(=O)CCCC(=O)NN. The average Bonchev–Trinajstić information content (AvgIpc) is 2.63. The van der Waals surface area contributed by atoms with Gasteiger partial charge in [-0.25, -0.2) is 11.7 Å². The molecule has 0 fully saturated rings. The Labute approximate surface area is 162 Å². The fourth-order valence-corrected chi connectivity index (χ4v) is 4.24. The van der Waals surface area contributed by atoms with Crippen molar-refractivity contribution in [3.8, 4) is 0 Å². The van der Waals surface area contributed by atoms with Crippen molar-refractivity contribution in [3.05, 3.63) is 0 Å². The molecule has 8 nitrogen and oxygen atoms in total. The van der Waals surface area contributed by atoms with Crippen molar-refractivity contribution in [3.63, 3.8) is 0 Å². The highest BCUT2D eigenvalue weighted by atomic mass is 33.1. The number of amides is 2. The zero-order valence-electron chi connectivity index (χ0n) is 15.1. The fourth-order valence-electron chi connectivity index (χ4n) is 2.06. The number of carbonyl (C=O) groups is 4. The summed E-state index contributed by atoms with van der Waals surface area (Å²) in [6.07, 6.45) is 5.18. The Morgan fingerprint density at radius 2 is 0.923 bits per heavy atom. The number of hydrazine groups is 2. The lowest BCUT2D eigenvalue weighted by molar-refractivity contribution is -0.123. The van der Waals surface area contributed by atoms with Gasteiger partial charge in [0.1, 0.15) is 11.6 Å². The molecule has 0 heterocycles. The third-order valence-electron chi connectivity index (χ3n) is 3.49. The van der Waals surface area contributed by atoms with E-state index >= 15 is 0 Å². The Hall–Kier alpha value is -1.10. The first-order chi connectivity index (χ1) is 12.5.